The van der Waals surface area contributed by atoms with E-state index in [1.807, 2.05) is 6.92 Å². The lowest BCUT2D eigenvalue weighted by atomic mass is 10.2. The zero-order valence-electron chi connectivity index (χ0n) is 11.8. The van der Waals surface area contributed by atoms with E-state index in [1.165, 1.54) is 6.08 Å². The number of carbonyl (C=O) groups is 2. The molecule has 0 fully saturated rings. The first kappa shape index (κ1) is 16.7. The third kappa shape index (κ3) is 6.09. The van der Waals surface area contributed by atoms with Crippen molar-refractivity contribution in [3.05, 3.63) is 35.9 Å². The first-order valence-electron chi connectivity index (χ1n) is 6.62. The van der Waals surface area contributed by atoms with Crippen molar-refractivity contribution in [3.8, 4) is 5.75 Å². The highest BCUT2D eigenvalue weighted by atomic mass is 16.5. The Morgan fingerprint density at radius 2 is 2.00 bits per heavy atom. The lowest BCUT2D eigenvalue weighted by Crippen LogP contribution is -2.40. The maximum absolute atomic E-state index is 11.6. The van der Waals surface area contributed by atoms with E-state index in [9.17, 15) is 9.59 Å². The van der Waals surface area contributed by atoms with E-state index in [1.54, 1.807) is 30.3 Å². The number of benzene rings is 1. The molecular formula is C15H19NO5. The smallest absolute Gasteiger partial charge is 0.326 e. The van der Waals surface area contributed by atoms with Gasteiger partial charge in [0.05, 0.1) is 6.61 Å². The van der Waals surface area contributed by atoms with Crippen LogP contribution in [0.4, 0.5) is 0 Å². The number of hydrogen-bond donors (Lipinski definition) is 3. The molecule has 0 saturated heterocycles. The van der Waals surface area contributed by atoms with Crippen LogP contribution in [0.1, 0.15) is 18.9 Å². The van der Waals surface area contributed by atoms with E-state index in [0.717, 1.165) is 11.3 Å². The molecule has 0 heterocycles. The Morgan fingerprint density at radius 1 is 1.33 bits per heavy atom. The third-order valence-electron chi connectivity index (χ3n) is 2.65. The fourth-order valence-electron chi connectivity index (χ4n) is 1.62. The first-order valence-corrected chi connectivity index (χ1v) is 6.62. The molecule has 0 radical (unpaired) electrons. The second-order valence-corrected chi connectivity index (χ2v) is 4.25. The molecule has 1 unspecified atom stereocenters. The van der Waals surface area contributed by atoms with Gasteiger partial charge in [0.1, 0.15) is 11.8 Å². The number of rotatable bonds is 8. The van der Waals surface area contributed by atoms with E-state index in [0.29, 0.717) is 6.61 Å². The van der Waals surface area contributed by atoms with E-state index in [2.05, 4.69) is 5.32 Å². The van der Waals surface area contributed by atoms with Crippen LogP contribution in [0.15, 0.2) is 30.3 Å². The molecule has 0 aliphatic rings. The summed E-state index contributed by atoms with van der Waals surface area (Å²) in [5.74, 6) is -0.954. The van der Waals surface area contributed by atoms with Crippen molar-refractivity contribution in [1.29, 1.82) is 0 Å². The largest absolute Gasteiger partial charge is 0.494 e. The van der Waals surface area contributed by atoms with Gasteiger partial charge in [-0.15, -0.1) is 0 Å². The number of ether oxygens (including phenoxy) is 1. The zero-order chi connectivity index (χ0) is 15.7. The fraction of sp³-hybridized carbons (Fsp3) is 0.333. The Balaban J connectivity index is 2.58. The molecule has 3 N–H and O–H groups in total. The topological polar surface area (TPSA) is 95.9 Å². The number of carboxylic acids is 1. The third-order valence-corrected chi connectivity index (χ3v) is 2.65. The predicted molar refractivity (Wildman–Crippen MR) is 77.9 cm³/mol. The van der Waals surface area contributed by atoms with Gasteiger partial charge in [0.2, 0.25) is 5.91 Å². The summed E-state index contributed by atoms with van der Waals surface area (Å²) in [6.45, 7) is 2.17. The van der Waals surface area contributed by atoms with Gasteiger partial charge in [-0.05, 0) is 30.7 Å². The lowest BCUT2D eigenvalue weighted by Gasteiger charge is -2.11. The fourth-order valence-corrected chi connectivity index (χ4v) is 1.62. The number of amides is 1. The number of carbonyl (C=O) groups excluding carboxylic acids is 1. The molecule has 114 valence electrons. The quantitative estimate of drug-likeness (QED) is 0.623. The molecular weight excluding hydrogens is 274 g/mol. The lowest BCUT2D eigenvalue weighted by molar-refractivity contribution is -0.141. The Bertz CT molecular complexity index is 495. The van der Waals surface area contributed by atoms with Gasteiger partial charge in [-0.2, -0.15) is 0 Å². The van der Waals surface area contributed by atoms with Crippen LogP contribution in [0.5, 0.6) is 5.75 Å². The van der Waals surface area contributed by atoms with E-state index in [4.69, 9.17) is 14.9 Å². The van der Waals surface area contributed by atoms with Crippen molar-refractivity contribution in [2.75, 3.05) is 13.2 Å². The van der Waals surface area contributed by atoms with Crippen LogP contribution in [-0.2, 0) is 9.59 Å². The molecule has 1 aromatic rings. The molecule has 0 aromatic heterocycles. The average Bonchev–Trinajstić information content (AvgIpc) is 2.46. The van der Waals surface area contributed by atoms with Gasteiger partial charge in [0, 0.05) is 19.1 Å². The van der Waals surface area contributed by atoms with Gasteiger partial charge in [-0.25, -0.2) is 4.79 Å². The highest BCUT2D eigenvalue weighted by molar-refractivity contribution is 5.94. The van der Waals surface area contributed by atoms with E-state index >= 15 is 0 Å². The molecule has 0 bridgehead atoms. The molecule has 0 spiro atoms. The summed E-state index contributed by atoms with van der Waals surface area (Å²) in [5, 5.41) is 19.9. The first-order chi connectivity index (χ1) is 10.1. The molecule has 1 amide bonds. The van der Waals surface area contributed by atoms with Crippen LogP contribution in [-0.4, -0.2) is 41.3 Å². The minimum absolute atomic E-state index is 0.0298. The Morgan fingerprint density at radius 3 is 2.52 bits per heavy atom. The highest BCUT2D eigenvalue weighted by Crippen LogP contribution is 2.12. The zero-order valence-corrected chi connectivity index (χ0v) is 11.8. The summed E-state index contributed by atoms with van der Waals surface area (Å²) >= 11 is 0. The molecule has 0 saturated carbocycles. The SMILES string of the molecule is CCOc1ccc(/C=C/C(=O)NC(CCO)C(=O)O)cc1. The monoisotopic (exact) mass is 293 g/mol. The second kappa shape index (κ2) is 8.76. The molecule has 6 nitrogen and oxygen atoms in total. The molecule has 1 atom stereocenters. The van der Waals surface area contributed by atoms with Gasteiger partial charge >= 0.3 is 5.97 Å². The summed E-state index contributed by atoms with van der Waals surface area (Å²) in [6, 6.07) is 6.06. The summed E-state index contributed by atoms with van der Waals surface area (Å²) in [7, 11) is 0. The predicted octanol–water partition coefficient (Wildman–Crippen LogP) is 1.05. The summed E-state index contributed by atoms with van der Waals surface area (Å²) in [6.07, 6.45) is 2.80. The van der Waals surface area contributed by atoms with Crippen molar-refractivity contribution in [1.82, 2.24) is 5.32 Å². The Hall–Kier alpha value is -2.34. The van der Waals surface area contributed by atoms with Crippen LogP contribution >= 0.6 is 0 Å². The number of carboxylic acid groups (broad SMARTS) is 1. The van der Waals surface area contributed by atoms with Gasteiger partial charge in [0.25, 0.3) is 0 Å². The number of aliphatic hydroxyl groups is 1. The molecule has 6 heteroatoms. The standard InChI is InChI=1S/C15H19NO5/c1-2-21-12-6-3-11(4-7-12)5-8-14(18)16-13(9-10-17)15(19)20/h3-8,13,17H,2,9-10H2,1H3,(H,16,18)(H,19,20)/b8-5+. The normalized spacial score (nSPS) is 12.1. The van der Waals surface area contributed by atoms with Crippen molar-refractivity contribution in [2.24, 2.45) is 0 Å². The van der Waals surface area contributed by atoms with Gasteiger partial charge < -0.3 is 20.3 Å². The van der Waals surface area contributed by atoms with E-state index in [-0.39, 0.29) is 13.0 Å². The molecule has 21 heavy (non-hydrogen) atoms. The van der Waals surface area contributed by atoms with Crippen LogP contribution in [0, 0.1) is 0 Å². The number of aliphatic hydroxyl groups excluding tert-OH is 1. The summed E-state index contributed by atoms with van der Waals surface area (Å²) in [4.78, 5) is 22.4. The Labute approximate surface area is 123 Å². The van der Waals surface area contributed by atoms with Crippen molar-refractivity contribution in [3.63, 3.8) is 0 Å². The van der Waals surface area contributed by atoms with Gasteiger partial charge in [0.15, 0.2) is 0 Å². The minimum atomic E-state index is -1.17. The average molecular weight is 293 g/mol. The highest BCUT2D eigenvalue weighted by Gasteiger charge is 2.17. The number of aliphatic carboxylic acids is 1. The maximum atomic E-state index is 11.6. The maximum Gasteiger partial charge on any atom is 0.326 e. The summed E-state index contributed by atoms with van der Waals surface area (Å²) < 4.78 is 5.30. The van der Waals surface area contributed by atoms with Crippen LogP contribution < -0.4 is 10.1 Å². The number of hydrogen-bond acceptors (Lipinski definition) is 4. The minimum Gasteiger partial charge on any atom is -0.494 e. The second-order valence-electron chi connectivity index (χ2n) is 4.25. The van der Waals surface area contributed by atoms with Crippen LogP contribution in [0.3, 0.4) is 0 Å². The summed E-state index contributed by atoms with van der Waals surface area (Å²) in [5.41, 5.74) is 0.794. The van der Waals surface area contributed by atoms with Gasteiger partial charge in [-0.3, -0.25) is 4.79 Å². The molecule has 1 rings (SSSR count). The van der Waals surface area contributed by atoms with Crippen molar-refractivity contribution >= 4 is 18.0 Å². The van der Waals surface area contributed by atoms with Gasteiger partial charge in [-0.1, -0.05) is 12.1 Å². The van der Waals surface area contributed by atoms with Crippen LogP contribution in [0.25, 0.3) is 6.08 Å². The van der Waals surface area contributed by atoms with E-state index < -0.39 is 17.9 Å². The number of nitrogens with one attached hydrogen (secondary N) is 1. The molecule has 0 aliphatic carbocycles. The van der Waals surface area contributed by atoms with Crippen molar-refractivity contribution < 1.29 is 24.5 Å². The van der Waals surface area contributed by atoms with Crippen molar-refractivity contribution in [2.45, 2.75) is 19.4 Å². The molecule has 0 aliphatic heterocycles. The molecule has 1 aromatic carbocycles. The Kier molecular flexibility index (Phi) is 6.97. The van der Waals surface area contributed by atoms with Crippen LogP contribution in [0.2, 0.25) is 0 Å².